The van der Waals surface area contributed by atoms with Gasteiger partial charge in [0.25, 0.3) is 5.91 Å². The van der Waals surface area contributed by atoms with Crippen LogP contribution in [0.4, 0.5) is 0 Å². The molecule has 2 N–H and O–H groups in total. The fourth-order valence-corrected chi connectivity index (χ4v) is 2.67. The number of aromatic carboxylic acids is 1. The third-order valence-electron chi connectivity index (χ3n) is 4.00. The summed E-state index contributed by atoms with van der Waals surface area (Å²) in [5.41, 5.74) is 3.56. The van der Waals surface area contributed by atoms with Crippen LogP contribution in [0.15, 0.2) is 64.1 Å². The topological polar surface area (TPSA) is 110 Å². The number of nitrogens with zero attached hydrogens (tertiary/aromatic N) is 1. The van der Waals surface area contributed by atoms with Gasteiger partial charge in [-0.25, -0.2) is 10.2 Å². The molecular weight excluding hydrogens is 424 g/mol. The van der Waals surface area contributed by atoms with Gasteiger partial charge in [0.1, 0.15) is 12.4 Å². The average molecular weight is 443 g/mol. The van der Waals surface area contributed by atoms with Crippen molar-refractivity contribution < 1.29 is 28.6 Å². The second-order valence-electron chi connectivity index (χ2n) is 6.20. The summed E-state index contributed by atoms with van der Waals surface area (Å²) in [5.74, 6) is -0.366. The molecule has 1 aromatic heterocycles. The molecule has 0 aliphatic heterocycles. The molecule has 2 aromatic carbocycles. The quantitative estimate of drug-likeness (QED) is 0.376. The Hall–Kier alpha value is -3.78. The van der Waals surface area contributed by atoms with Gasteiger partial charge in [-0.1, -0.05) is 11.6 Å². The van der Waals surface area contributed by atoms with Crippen molar-refractivity contribution in [1.29, 1.82) is 0 Å². The molecule has 0 fully saturated rings. The van der Waals surface area contributed by atoms with Crippen molar-refractivity contribution in [3.8, 4) is 11.5 Å². The fourth-order valence-electron chi connectivity index (χ4n) is 2.54. The van der Waals surface area contributed by atoms with E-state index in [0.29, 0.717) is 40.0 Å². The summed E-state index contributed by atoms with van der Waals surface area (Å²) < 4.78 is 16.5. The van der Waals surface area contributed by atoms with Crippen LogP contribution in [-0.2, 0) is 6.61 Å². The Bertz CT molecular complexity index is 1090. The number of nitrogens with one attached hydrogen (secondary N) is 1. The minimum atomic E-state index is -1.15. The molecule has 3 aromatic rings. The van der Waals surface area contributed by atoms with Crippen LogP contribution in [0, 0.1) is 0 Å². The molecule has 8 nitrogen and oxygen atoms in total. The maximum atomic E-state index is 12.1. The number of carboxylic acids is 1. The second kappa shape index (κ2) is 10.3. The van der Waals surface area contributed by atoms with Crippen molar-refractivity contribution in [2.75, 3.05) is 6.61 Å². The highest BCUT2D eigenvalue weighted by molar-refractivity contribution is 6.30. The summed E-state index contributed by atoms with van der Waals surface area (Å²) in [7, 11) is 0. The Kier molecular flexibility index (Phi) is 7.29. The van der Waals surface area contributed by atoms with Gasteiger partial charge in [0.05, 0.1) is 12.8 Å². The Morgan fingerprint density at radius 2 is 1.87 bits per heavy atom. The van der Waals surface area contributed by atoms with E-state index in [1.807, 2.05) is 6.92 Å². The largest absolute Gasteiger partial charge is 0.490 e. The zero-order valence-electron chi connectivity index (χ0n) is 16.5. The number of hydrogen-bond donors (Lipinski definition) is 2. The van der Waals surface area contributed by atoms with Crippen LogP contribution in [0.25, 0.3) is 0 Å². The van der Waals surface area contributed by atoms with Gasteiger partial charge in [-0.3, -0.25) is 4.79 Å². The predicted molar refractivity (Wildman–Crippen MR) is 114 cm³/mol. The van der Waals surface area contributed by atoms with Crippen molar-refractivity contribution >= 4 is 29.7 Å². The van der Waals surface area contributed by atoms with Gasteiger partial charge in [-0.05, 0) is 67.1 Å². The molecular formula is C22H19ClN2O6. The van der Waals surface area contributed by atoms with Gasteiger partial charge < -0.3 is 19.0 Å². The van der Waals surface area contributed by atoms with Gasteiger partial charge in [-0.15, -0.1) is 0 Å². The molecule has 1 amide bonds. The first-order chi connectivity index (χ1) is 15.0. The van der Waals surface area contributed by atoms with E-state index in [1.165, 1.54) is 18.3 Å². The molecule has 0 saturated carbocycles. The third kappa shape index (κ3) is 6.10. The predicted octanol–water partition coefficient (Wildman–Crippen LogP) is 4.37. The highest BCUT2D eigenvalue weighted by Crippen LogP contribution is 2.29. The number of furan rings is 1. The number of ether oxygens (including phenoxy) is 2. The molecule has 3 rings (SSSR count). The molecule has 160 valence electrons. The molecule has 1 heterocycles. The summed E-state index contributed by atoms with van der Waals surface area (Å²) in [5, 5.41) is 13.4. The van der Waals surface area contributed by atoms with E-state index in [0.717, 1.165) is 0 Å². The van der Waals surface area contributed by atoms with E-state index in [4.69, 9.17) is 30.6 Å². The van der Waals surface area contributed by atoms with E-state index in [2.05, 4.69) is 10.5 Å². The van der Waals surface area contributed by atoms with Gasteiger partial charge in [0.2, 0.25) is 5.76 Å². The van der Waals surface area contributed by atoms with Crippen LogP contribution >= 0.6 is 11.6 Å². The SMILES string of the molecule is CCOc1cc(C=NNC(=O)c2ccc(Cl)cc2)ccc1OCc1ccc(C(=O)O)o1. The molecule has 0 radical (unpaired) electrons. The minimum Gasteiger partial charge on any atom is -0.490 e. The lowest BCUT2D eigenvalue weighted by Crippen LogP contribution is -2.17. The second-order valence-corrected chi connectivity index (χ2v) is 6.64. The first-order valence-electron chi connectivity index (χ1n) is 9.27. The van der Waals surface area contributed by atoms with E-state index >= 15 is 0 Å². The Labute approximate surface area is 183 Å². The average Bonchev–Trinajstić information content (AvgIpc) is 3.23. The zero-order chi connectivity index (χ0) is 22.2. The molecule has 0 spiro atoms. The number of hydrogen-bond acceptors (Lipinski definition) is 6. The van der Waals surface area contributed by atoms with Crippen LogP contribution in [0.5, 0.6) is 11.5 Å². The van der Waals surface area contributed by atoms with Crippen LogP contribution < -0.4 is 14.9 Å². The minimum absolute atomic E-state index is 0.0396. The highest BCUT2D eigenvalue weighted by atomic mass is 35.5. The van der Waals surface area contributed by atoms with Gasteiger partial charge in [0, 0.05) is 10.6 Å². The standard InChI is InChI=1S/C22H19ClN2O6/c1-2-29-20-11-14(12-24-25-21(26)15-4-6-16(23)7-5-15)3-9-18(20)30-13-17-8-10-19(31-17)22(27)28/h3-12H,2,13H2,1H3,(H,25,26)(H,27,28). The van der Waals surface area contributed by atoms with Crippen LogP contribution in [0.1, 0.15) is 39.2 Å². The lowest BCUT2D eigenvalue weighted by atomic mass is 10.2. The number of hydrazone groups is 1. The van der Waals surface area contributed by atoms with Crippen molar-refractivity contribution in [2.24, 2.45) is 5.10 Å². The maximum Gasteiger partial charge on any atom is 0.371 e. The van der Waals surface area contributed by atoms with Crippen LogP contribution in [0.3, 0.4) is 0 Å². The number of benzene rings is 2. The molecule has 0 aliphatic rings. The van der Waals surface area contributed by atoms with Crippen molar-refractivity contribution in [3.05, 3.63) is 82.3 Å². The number of carbonyl (C=O) groups excluding carboxylic acids is 1. The van der Waals surface area contributed by atoms with E-state index in [9.17, 15) is 9.59 Å². The van der Waals surface area contributed by atoms with Gasteiger partial charge in [-0.2, -0.15) is 5.10 Å². The Morgan fingerprint density at radius 3 is 2.55 bits per heavy atom. The first-order valence-corrected chi connectivity index (χ1v) is 9.64. The number of carboxylic acid groups (broad SMARTS) is 1. The highest BCUT2D eigenvalue weighted by Gasteiger charge is 2.11. The summed E-state index contributed by atoms with van der Waals surface area (Å²) in [4.78, 5) is 23.0. The summed E-state index contributed by atoms with van der Waals surface area (Å²) in [6, 6.07) is 14.5. The zero-order valence-corrected chi connectivity index (χ0v) is 17.3. The van der Waals surface area contributed by atoms with Crippen molar-refractivity contribution in [2.45, 2.75) is 13.5 Å². The Morgan fingerprint density at radius 1 is 1.10 bits per heavy atom. The Balaban J connectivity index is 1.64. The number of rotatable bonds is 9. The van der Waals surface area contributed by atoms with Gasteiger partial charge in [0.15, 0.2) is 11.5 Å². The lowest BCUT2D eigenvalue weighted by molar-refractivity contribution is 0.0657. The third-order valence-corrected chi connectivity index (χ3v) is 4.25. The first kappa shape index (κ1) is 21.9. The monoisotopic (exact) mass is 442 g/mol. The number of halogens is 1. The van der Waals surface area contributed by atoms with Crippen LogP contribution in [-0.4, -0.2) is 29.8 Å². The van der Waals surface area contributed by atoms with E-state index in [1.54, 1.807) is 42.5 Å². The van der Waals surface area contributed by atoms with Gasteiger partial charge >= 0.3 is 5.97 Å². The summed E-state index contributed by atoms with van der Waals surface area (Å²) in [6.07, 6.45) is 1.48. The van der Waals surface area contributed by atoms with Crippen molar-refractivity contribution in [3.63, 3.8) is 0 Å². The summed E-state index contributed by atoms with van der Waals surface area (Å²) in [6.45, 7) is 2.29. The smallest absolute Gasteiger partial charge is 0.371 e. The molecule has 9 heteroatoms. The molecule has 31 heavy (non-hydrogen) atoms. The molecule has 0 aliphatic carbocycles. The van der Waals surface area contributed by atoms with E-state index < -0.39 is 5.97 Å². The number of amides is 1. The summed E-state index contributed by atoms with van der Waals surface area (Å²) >= 11 is 5.81. The van der Waals surface area contributed by atoms with Crippen LogP contribution in [0.2, 0.25) is 5.02 Å². The molecule has 0 unspecified atom stereocenters. The maximum absolute atomic E-state index is 12.1. The lowest BCUT2D eigenvalue weighted by Gasteiger charge is -2.11. The fraction of sp³-hybridized carbons (Fsp3) is 0.136. The molecule has 0 atom stereocenters. The van der Waals surface area contributed by atoms with E-state index in [-0.39, 0.29) is 18.3 Å². The normalized spacial score (nSPS) is 10.8. The molecule has 0 saturated heterocycles. The van der Waals surface area contributed by atoms with Crippen molar-refractivity contribution in [1.82, 2.24) is 5.43 Å². The molecule has 0 bridgehead atoms. The number of carbonyl (C=O) groups is 2.